The summed E-state index contributed by atoms with van der Waals surface area (Å²) in [4.78, 5) is 22.9. The number of hydrogen-bond donors (Lipinski definition) is 1. The van der Waals surface area contributed by atoms with Gasteiger partial charge in [-0.15, -0.1) is 5.10 Å². The topological polar surface area (TPSA) is 77.1 Å². The number of hydrogen-bond acceptors (Lipinski definition) is 3. The smallest absolute Gasteiger partial charge is 0.347 e. The van der Waals surface area contributed by atoms with E-state index < -0.39 is 29.8 Å². The fraction of sp³-hybridized carbons (Fsp3) is 0.308. The third-order valence-corrected chi connectivity index (χ3v) is 3.24. The largest absolute Gasteiger partial charge is 0.480 e. The number of benzene rings is 1. The highest BCUT2D eigenvalue weighted by Crippen LogP contribution is 2.36. The van der Waals surface area contributed by atoms with Gasteiger partial charge >= 0.3 is 11.7 Å². The highest BCUT2D eigenvalue weighted by atomic mass is 19.1. The number of carbonyl (C=O) groups is 1. The van der Waals surface area contributed by atoms with Crippen molar-refractivity contribution in [2.24, 2.45) is 0 Å². The molecule has 1 aromatic heterocycles. The van der Waals surface area contributed by atoms with Gasteiger partial charge in [-0.3, -0.25) is 9.36 Å². The van der Waals surface area contributed by atoms with Gasteiger partial charge in [0.2, 0.25) is 0 Å². The van der Waals surface area contributed by atoms with Gasteiger partial charge in [0.15, 0.2) is 5.82 Å². The van der Waals surface area contributed by atoms with Crippen molar-refractivity contribution in [1.29, 1.82) is 0 Å². The zero-order chi connectivity index (χ0) is 15.1. The molecule has 0 radical (unpaired) electrons. The van der Waals surface area contributed by atoms with E-state index in [0.29, 0.717) is 6.07 Å². The van der Waals surface area contributed by atoms with Crippen molar-refractivity contribution < 1.29 is 18.7 Å². The summed E-state index contributed by atoms with van der Waals surface area (Å²) in [5.41, 5.74) is -0.622. The summed E-state index contributed by atoms with van der Waals surface area (Å²) in [6.45, 7) is -0.603. The molecule has 6 nitrogen and oxygen atoms in total. The molecule has 1 aliphatic carbocycles. The van der Waals surface area contributed by atoms with Crippen molar-refractivity contribution in [3.63, 3.8) is 0 Å². The molecule has 1 aromatic carbocycles. The van der Waals surface area contributed by atoms with Crippen LogP contribution in [0.25, 0.3) is 11.4 Å². The quantitative estimate of drug-likeness (QED) is 0.925. The third kappa shape index (κ3) is 2.44. The molecule has 110 valence electrons. The summed E-state index contributed by atoms with van der Waals surface area (Å²) < 4.78 is 28.9. The Balaban J connectivity index is 2.17. The Labute approximate surface area is 117 Å². The Morgan fingerprint density at radius 3 is 2.67 bits per heavy atom. The van der Waals surface area contributed by atoms with Crippen molar-refractivity contribution in [3.05, 3.63) is 40.3 Å². The van der Waals surface area contributed by atoms with E-state index in [-0.39, 0.29) is 17.4 Å². The van der Waals surface area contributed by atoms with Gasteiger partial charge in [0, 0.05) is 12.1 Å². The average Bonchev–Trinajstić information content (AvgIpc) is 3.16. The van der Waals surface area contributed by atoms with Crippen LogP contribution in [0.1, 0.15) is 18.9 Å². The lowest BCUT2D eigenvalue weighted by Gasteiger charge is -2.04. The fourth-order valence-corrected chi connectivity index (χ4v) is 2.17. The van der Waals surface area contributed by atoms with Crippen LogP contribution in [0.4, 0.5) is 8.78 Å². The molecule has 0 amide bonds. The summed E-state index contributed by atoms with van der Waals surface area (Å²) in [6, 6.07) is 2.85. The molecule has 1 fully saturated rings. The molecule has 0 unspecified atom stereocenters. The second-order valence-electron chi connectivity index (χ2n) is 4.88. The van der Waals surface area contributed by atoms with Crippen LogP contribution in [0, 0.1) is 11.6 Å². The number of aromatic nitrogens is 3. The van der Waals surface area contributed by atoms with Crippen LogP contribution in [-0.4, -0.2) is 25.4 Å². The number of halogens is 2. The molecule has 1 heterocycles. The van der Waals surface area contributed by atoms with Crippen LogP contribution in [0.5, 0.6) is 0 Å². The minimum atomic E-state index is -1.22. The average molecular weight is 295 g/mol. The summed E-state index contributed by atoms with van der Waals surface area (Å²) in [5.74, 6) is -2.77. The van der Waals surface area contributed by atoms with Crippen molar-refractivity contribution in [1.82, 2.24) is 14.3 Å². The first-order chi connectivity index (χ1) is 9.97. The Kier molecular flexibility index (Phi) is 3.08. The van der Waals surface area contributed by atoms with Crippen molar-refractivity contribution in [3.8, 4) is 11.4 Å². The first-order valence-corrected chi connectivity index (χ1v) is 6.34. The molecule has 0 bridgehead atoms. The van der Waals surface area contributed by atoms with Crippen LogP contribution in [-0.2, 0) is 11.3 Å². The Morgan fingerprint density at radius 1 is 1.38 bits per heavy atom. The predicted molar refractivity (Wildman–Crippen MR) is 67.7 cm³/mol. The lowest BCUT2D eigenvalue weighted by molar-refractivity contribution is -0.137. The van der Waals surface area contributed by atoms with Gasteiger partial charge in [-0.1, -0.05) is 0 Å². The second kappa shape index (κ2) is 4.80. The Morgan fingerprint density at radius 2 is 2.10 bits per heavy atom. The summed E-state index contributed by atoms with van der Waals surface area (Å²) >= 11 is 0. The lowest BCUT2D eigenvalue weighted by Crippen LogP contribution is -2.27. The van der Waals surface area contributed by atoms with Crippen LogP contribution in [0.3, 0.4) is 0 Å². The minimum Gasteiger partial charge on any atom is -0.480 e. The van der Waals surface area contributed by atoms with Gasteiger partial charge < -0.3 is 5.11 Å². The zero-order valence-electron chi connectivity index (χ0n) is 10.8. The van der Waals surface area contributed by atoms with E-state index in [4.69, 9.17) is 5.11 Å². The number of nitrogens with zero attached hydrogens (tertiary/aromatic N) is 3. The highest BCUT2D eigenvalue weighted by molar-refractivity contribution is 5.66. The molecule has 0 atom stereocenters. The molecule has 1 aliphatic rings. The van der Waals surface area contributed by atoms with Crippen molar-refractivity contribution >= 4 is 5.97 Å². The maximum absolute atomic E-state index is 13.9. The van der Waals surface area contributed by atoms with E-state index in [1.165, 1.54) is 10.6 Å². The van der Waals surface area contributed by atoms with E-state index in [1.54, 1.807) is 0 Å². The molecule has 0 spiro atoms. The molecule has 21 heavy (non-hydrogen) atoms. The maximum atomic E-state index is 13.9. The number of carboxylic acid groups (broad SMARTS) is 1. The fourth-order valence-electron chi connectivity index (χ4n) is 2.17. The third-order valence-electron chi connectivity index (χ3n) is 3.24. The van der Waals surface area contributed by atoms with Crippen LogP contribution < -0.4 is 5.69 Å². The molecule has 2 aromatic rings. The molecule has 1 saturated carbocycles. The van der Waals surface area contributed by atoms with Gasteiger partial charge in [0.25, 0.3) is 0 Å². The normalized spacial score (nSPS) is 14.4. The van der Waals surface area contributed by atoms with Crippen molar-refractivity contribution in [2.75, 3.05) is 0 Å². The second-order valence-corrected chi connectivity index (χ2v) is 4.88. The van der Waals surface area contributed by atoms with Gasteiger partial charge in [-0.2, -0.15) is 0 Å². The van der Waals surface area contributed by atoms with E-state index in [1.807, 2.05) is 0 Å². The molecule has 8 heteroatoms. The summed E-state index contributed by atoms with van der Waals surface area (Å²) in [5, 5.41) is 12.7. The number of aliphatic carboxylic acids is 1. The monoisotopic (exact) mass is 295 g/mol. The van der Waals surface area contributed by atoms with Crippen molar-refractivity contribution in [2.45, 2.75) is 25.4 Å². The molecular formula is C13H11F2N3O3. The SMILES string of the molecule is O=C(O)Cn1nc(-c2ccc(F)cc2F)n(C2CC2)c1=O. The minimum absolute atomic E-state index is 0.0236. The van der Waals surface area contributed by atoms with Crippen LogP contribution in [0.15, 0.2) is 23.0 Å². The van der Waals surface area contributed by atoms with Gasteiger partial charge in [-0.25, -0.2) is 18.3 Å². The van der Waals surface area contributed by atoms with E-state index in [9.17, 15) is 18.4 Å². The van der Waals surface area contributed by atoms with Gasteiger partial charge in [-0.05, 0) is 25.0 Å². The molecule has 3 rings (SSSR count). The zero-order valence-corrected chi connectivity index (χ0v) is 10.8. The number of rotatable bonds is 4. The maximum Gasteiger partial charge on any atom is 0.347 e. The van der Waals surface area contributed by atoms with Crippen LogP contribution >= 0.6 is 0 Å². The molecule has 0 aliphatic heterocycles. The summed E-state index contributed by atoms with van der Waals surface area (Å²) in [6.07, 6.45) is 1.49. The van der Waals surface area contributed by atoms with Gasteiger partial charge in [0.1, 0.15) is 18.2 Å². The van der Waals surface area contributed by atoms with E-state index >= 15 is 0 Å². The molecule has 1 N–H and O–H groups in total. The predicted octanol–water partition coefficient (Wildman–Crippen LogP) is 1.41. The van der Waals surface area contributed by atoms with Crippen LogP contribution in [0.2, 0.25) is 0 Å². The first-order valence-electron chi connectivity index (χ1n) is 6.34. The Bertz CT molecular complexity index is 777. The Hall–Kier alpha value is -2.51. The molecule has 0 saturated heterocycles. The standard InChI is InChI=1S/C13H11F2N3O3/c14-7-1-4-9(10(15)5-7)12-16-17(6-11(19)20)13(21)18(12)8-2-3-8/h1,4-5,8H,2-3,6H2,(H,19,20). The highest BCUT2D eigenvalue weighted by Gasteiger charge is 2.31. The summed E-state index contributed by atoms with van der Waals surface area (Å²) in [7, 11) is 0. The first kappa shape index (κ1) is 13.5. The van der Waals surface area contributed by atoms with E-state index in [0.717, 1.165) is 23.6 Å². The molecular weight excluding hydrogens is 284 g/mol. The van der Waals surface area contributed by atoms with Gasteiger partial charge in [0.05, 0.1) is 5.56 Å². The number of carboxylic acids is 1. The lowest BCUT2D eigenvalue weighted by atomic mass is 10.2. The van der Waals surface area contributed by atoms with E-state index in [2.05, 4.69) is 5.10 Å².